The van der Waals surface area contributed by atoms with Gasteiger partial charge in [-0.05, 0) is 30.3 Å². The molecule has 4 rings (SSSR count). The van der Waals surface area contributed by atoms with Gasteiger partial charge in [-0.1, -0.05) is 48.0 Å². The zero-order valence-electron chi connectivity index (χ0n) is 12.6. The van der Waals surface area contributed by atoms with Crippen LogP contribution in [0.4, 0.5) is 0 Å². The molecule has 2 heterocycles. The molecule has 0 aliphatic rings. The highest BCUT2D eigenvalue weighted by Crippen LogP contribution is 2.15. The maximum atomic E-state index is 5.71. The lowest BCUT2D eigenvalue weighted by Crippen LogP contribution is -1.86. The molecule has 114 valence electrons. The van der Waals surface area contributed by atoms with E-state index in [0.29, 0.717) is 11.0 Å². The Morgan fingerprint density at radius 2 is 1.26 bits per heavy atom. The average molecular weight is 323 g/mol. The second-order valence-corrected chi connectivity index (χ2v) is 5.26. The second kappa shape index (κ2) is 7.07. The maximum Gasteiger partial charge on any atom is 0.213 e. The van der Waals surface area contributed by atoms with Crippen LogP contribution >= 0.6 is 11.6 Å². The molecule has 4 heteroatoms. The van der Waals surface area contributed by atoms with Crippen LogP contribution in [-0.2, 0) is 0 Å². The number of para-hydroxylation sites is 2. The largest absolute Gasteiger partial charge is 0.481 e. The Balaban J connectivity index is 0.000000136. The first-order valence-electron chi connectivity index (χ1n) is 7.17. The minimum absolute atomic E-state index is 0.545. The summed E-state index contributed by atoms with van der Waals surface area (Å²) < 4.78 is 5.01. The van der Waals surface area contributed by atoms with E-state index in [0.717, 1.165) is 21.8 Å². The molecule has 0 aliphatic carbocycles. The average Bonchev–Trinajstić information content (AvgIpc) is 2.61. The van der Waals surface area contributed by atoms with Gasteiger partial charge >= 0.3 is 0 Å². The maximum absolute atomic E-state index is 5.71. The van der Waals surface area contributed by atoms with Crippen molar-refractivity contribution in [3.8, 4) is 5.88 Å². The molecule has 2 aromatic carbocycles. The van der Waals surface area contributed by atoms with Crippen molar-refractivity contribution < 1.29 is 4.74 Å². The quantitative estimate of drug-likeness (QED) is 0.456. The predicted molar refractivity (Wildman–Crippen MR) is 95.0 cm³/mol. The van der Waals surface area contributed by atoms with Gasteiger partial charge in [0, 0.05) is 16.8 Å². The fraction of sp³-hybridized carbons (Fsp3) is 0.0526. The zero-order chi connectivity index (χ0) is 16.1. The van der Waals surface area contributed by atoms with Crippen LogP contribution in [0, 0.1) is 0 Å². The molecular weight excluding hydrogens is 308 g/mol. The molecule has 0 aliphatic heterocycles. The number of rotatable bonds is 1. The topological polar surface area (TPSA) is 35.0 Å². The Labute approximate surface area is 139 Å². The smallest absolute Gasteiger partial charge is 0.213 e. The van der Waals surface area contributed by atoms with E-state index >= 15 is 0 Å². The molecule has 3 nitrogen and oxygen atoms in total. The Hall–Kier alpha value is -2.65. The number of hydrogen-bond acceptors (Lipinski definition) is 3. The van der Waals surface area contributed by atoms with Crippen molar-refractivity contribution >= 4 is 33.4 Å². The van der Waals surface area contributed by atoms with Crippen molar-refractivity contribution in [2.45, 2.75) is 0 Å². The van der Waals surface area contributed by atoms with E-state index in [1.165, 1.54) is 0 Å². The summed E-state index contributed by atoms with van der Waals surface area (Å²) in [5.74, 6) is 0.661. The Bertz CT molecular complexity index is 940. The Kier molecular flexibility index (Phi) is 4.69. The fourth-order valence-electron chi connectivity index (χ4n) is 2.20. The molecule has 2 aromatic heterocycles. The van der Waals surface area contributed by atoms with Crippen molar-refractivity contribution in [3.63, 3.8) is 0 Å². The SMILES string of the molecule is COc1ccc2ccccc2n1.Clc1ccc2ccccc2n1. The Morgan fingerprint density at radius 3 is 1.91 bits per heavy atom. The van der Waals surface area contributed by atoms with Crippen LogP contribution in [0.1, 0.15) is 0 Å². The van der Waals surface area contributed by atoms with Crippen LogP contribution in [0.5, 0.6) is 5.88 Å². The lowest BCUT2D eigenvalue weighted by molar-refractivity contribution is 0.399. The van der Waals surface area contributed by atoms with Crippen LogP contribution in [0.3, 0.4) is 0 Å². The van der Waals surface area contributed by atoms with Gasteiger partial charge in [0.1, 0.15) is 5.15 Å². The molecule has 0 bridgehead atoms. The molecule has 23 heavy (non-hydrogen) atoms. The Morgan fingerprint density at radius 1 is 0.696 bits per heavy atom. The number of hydrogen-bond donors (Lipinski definition) is 0. The van der Waals surface area contributed by atoms with Gasteiger partial charge in [-0.3, -0.25) is 0 Å². The number of ether oxygens (including phenoxy) is 1. The molecular formula is C19H15ClN2O. The van der Waals surface area contributed by atoms with E-state index in [1.807, 2.05) is 66.7 Å². The van der Waals surface area contributed by atoms with Gasteiger partial charge in [-0.15, -0.1) is 0 Å². The van der Waals surface area contributed by atoms with E-state index in [2.05, 4.69) is 9.97 Å². The zero-order valence-corrected chi connectivity index (χ0v) is 13.4. The minimum Gasteiger partial charge on any atom is -0.481 e. The standard InChI is InChI=1S/C10H9NO.C9H6ClN/c1-12-10-7-6-8-4-2-3-5-9(8)11-10;10-9-6-5-7-3-1-2-4-8(7)11-9/h2-7H,1H3;1-6H. The highest BCUT2D eigenvalue weighted by Gasteiger charge is 1.95. The van der Waals surface area contributed by atoms with Gasteiger partial charge in [0.15, 0.2) is 0 Å². The van der Waals surface area contributed by atoms with Gasteiger partial charge in [-0.25, -0.2) is 9.97 Å². The van der Waals surface area contributed by atoms with Gasteiger partial charge in [0.2, 0.25) is 5.88 Å². The molecule has 0 saturated heterocycles. The summed E-state index contributed by atoms with van der Waals surface area (Å²) in [6.45, 7) is 0. The predicted octanol–water partition coefficient (Wildman–Crippen LogP) is 5.13. The van der Waals surface area contributed by atoms with E-state index in [-0.39, 0.29) is 0 Å². The molecule has 4 aromatic rings. The van der Waals surface area contributed by atoms with Crippen molar-refractivity contribution in [2.75, 3.05) is 7.11 Å². The lowest BCUT2D eigenvalue weighted by atomic mass is 10.2. The van der Waals surface area contributed by atoms with Crippen LogP contribution in [0.25, 0.3) is 21.8 Å². The van der Waals surface area contributed by atoms with Crippen molar-refractivity contribution in [1.29, 1.82) is 0 Å². The van der Waals surface area contributed by atoms with Crippen LogP contribution in [0.15, 0.2) is 72.8 Å². The lowest BCUT2D eigenvalue weighted by Gasteiger charge is -1.99. The number of fused-ring (bicyclic) bond motifs is 2. The summed E-state index contributed by atoms with van der Waals surface area (Å²) in [5.41, 5.74) is 1.91. The molecule has 0 fully saturated rings. The molecule has 0 amide bonds. The normalized spacial score (nSPS) is 10.2. The fourth-order valence-corrected chi connectivity index (χ4v) is 2.36. The third kappa shape index (κ3) is 3.76. The van der Waals surface area contributed by atoms with Crippen LogP contribution in [-0.4, -0.2) is 17.1 Å². The summed E-state index contributed by atoms with van der Waals surface area (Å²) in [6, 6.07) is 23.5. The third-order valence-corrected chi connectivity index (χ3v) is 3.56. The summed E-state index contributed by atoms with van der Waals surface area (Å²) in [5, 5.41) is 2.80. The highest BCUT2D eigenvalue weighted by molar-refractivity contribution is 6.29. The number of aromatic nitrogens is 2. The molecule has 0 saturated carbocycles. The van der Waals surface area contributed by atoms with Gasteiger partial charge in [0.05, 0.1) is 18.1 Å². The number of methoxy groups -OCH3 is 1. The minimum atomic E-state index is 0.545. The van der Waals surface area contributed by atoms with Crippen molar-refractivity contribution in [1.82, 2.24) is 9.97 Å². The third-order valence-electron chi connectivity index (χ3n) is 3.35. The first-order chi connectivity index (χ1) is 11.3. The van der Waals surface area contributed by atoms with Crippen LogP contribution < -0.4 is 4.74 Å². The van der Waals surface area contributed by atoms with E-state index in [4.69, 9.17) is 16.3 Å². The number of nitrogens with zero attached hydrogens (tertiary/aromatic N) is 2. The van der Waals surface area contributed by atoms with Gasteiger partial charge in [-0.2, -0.15) is 0 Å². The molecule has 0 atom stereocenters. The van der Waals surface area contributed by atoms with Crippen molar-refractivity contribution in [2.24, 2.45) is 0 Å². The van der Waals surface area contributed by atoms with Crippen LogP contribution in [0.2, 0.25) is 5.15 Å². The summed E-state index contributed by atoms with van der Waals surface area (Å²) in [4.78, 5) is 8.41. The second-order valence-electron chi connectivity index (χ2n) is 4.87. The summed E-state index contributed by atoms with van der Waals surface area (Å²) in [6.07, 6.45) is 0. The molecule has 0 N–H and O–H groups in total. The number of benzene rings is 2. The number of pyridine rings is 2. The molecule has 0 spiro atoms. The first-order valence-corrected chi connectivity index (χ1v) is 7.55. The van der Waals surface area contributed by atoms with Gasteiger partial charge in [0.25, 0.3) is 0 Å². The van der Waals surface area contributed by atoms with E-state index in [1.54, 1.807) is 13.2 Å². The number of halogens is 1. The molecule has 0 unspecified atom stereocenters. The van der Waals surface area contributed by atoms with E-state index in [9.17, 15) is 0 Å². The highest BCUT2D eigenvalue weighted by atomic mass is 35.5. The molecule has 0 radical (unpaired) electrons. The summed E-state index contributed by atoms with van der Waals surface area (Å²) >= 11 is 5.71. The van der Waals surface area contributed by atoms with Crippen molar-refractivity contribution in [3.05, 3.63) is 77.9 Å². The van der Waals surface area contributed by atoms with Gasteiger partial charge < -0.3 is 4.74 Å². The summed E-state index contributed by atoms with van der Waals surface area (Å²) in [7, 11) is 1.62. The monoisotopic (exact) mass is 322 g/mol. The van der Waals surface area contributed by atoms with E-state index < -0.39 is 0 Å². The first kappa shape index (κ1) is 15.3.